The quantitative estimate of drug-likeness (QED) is 0.872. The van der Waals surface area contributed by atoms with Crippen molar-refractivity contribution in [3.63, 3.8) is 0 Å². The van der Waals surface area contributed by atoms with E-state index in [1.54, 1.807) is 12.7 Å². The maximum atomic E-state index is 9.12. The van der Waals surface area contributed by atoms with Crippen molar-refractivity contribution in [1.82, 2.24) is 14.8 Å². The summed E-state index contributed by atoms with van der Waals surface area (Å²) >= 11 is 0. The first-order valence-corrected chi connectivity index (χ1v) is 6.69. The van der Waals surface area contributed by atoms with Gasteiger partial charge in [0.15, 0.2) is 0 Å². The third-order valence-electron chi connectivity index (χ3n) is 4.00. The molecule has 0 amide bonds. The first-order valence-electron chi connectivity index (χ1n) is 6.69. The van der Waals surface area contributed by atoms with Gasteiger partial charge >= 0.3 is 0 Å². The summed E-state index contributed by atoms with van der Waals surface area (Å²) in [5.74, 6) is 0. The lowest BCUT2D eigenvalue weighted by molar-refractivity contribution is -0.317. The summed E-state index contributed by atoms with van der Waals surface area (Å²) in [6, 6.07) is 10.6. The van der Waals surface area contributed by atoms with E-state index in [0.717, 1.165) is 6.54 Å². The molecule has 22 heavy (non-hydrogen) atoms. The minimum Gasteiger partial charge on any atom is -0.251 e. The van der Waals surface area contributed by atoms with Gasteiger partial charge < -0.3 is 0 Å². The Hall–Kier alpha value is -2.60. The second-order valence-corrected chi connectivity index (χ2v) is 5.00. The minimum atomic E-state index is -0.0883. The topological polar surface area (TPSA) is 39.9 Å². The molecule has 4 rings (SSSR count). The second kappa shape index (κ2) is 6.03. The van der Waals surface area contributed by atoms with Crippen molar-refractivity contribution in [2.75, 3.05) is 0 Å². The Bertz CT molecular complexity index is 699. The highest BCUT2D eigenvalue weighted by Crippen LogP contribution is 2.49. The van der Waals surface area contributed by atoms with Gasteiger partial charge in [0.25, 0.3) is 0 Å². The number of nitrogens with zero attached hydrogens (tertiary/aromatic N) is 3. The van der Waals surface area contributed by atoms with Crippen LogP contribution in [-0.4, -0.2) is 14.8 Å². The summed E-state index contributed by atoms with van der Waals surface area (Å²) in [6.45, 7) is 0.793. The Morgan fingerprint density at radius 2 is 1.68 bits per heavy atom. The van der Waals surface area contributed by atoms with E-state index >= 15 is 0 Å². The molecule has 0 spiro atoms. The van der Waals surface area contributed by atoms with Crippen molar-refractivity contribution in [2.24, 2.45) is 0 Å². The maximum absolute atomic E-state index is 9.12. The predicted molar refractivity (Wildman–Crippen MR) is 76.7 cm³/mol. The van der Waals surface area contributed by atoms with Gasteiger partial charge in [0.05, 0.1) is 12.0 Å². The molecule has 1 heterocycles. The van der Waals surface area contributed by atoms with Gasteiger partial charge in [-0.25, -0.2) is 4.98 Å². The van der Waals surface area contributed by atoms with Crippen LogP contribution in [0.2, 0.25) is 0 Å². The first kappa shape index (κ1) is 14.3. The van der Waals surface area contributed by atoms with Crippen molar-refractivity contribution in [3.8, 4) is 0 Å². The van der Waals surface area contributed by atoms with E-state index in [1.165, 1.54) is 21.9 Å². The van der Waals surface area contributed by atoms with E-state index in [9.17, 15) is 0 Å². The molecule has 112 valence electrons. The number of hydrogen-bond donors (Lipinski definition) is 0. The van der Waals surface area contributed by atoms with Crippen molar-refractivity contribution in [1.29, 1.82) is 0 Å². The number of halogens is 2. The molecule has 0 unspecified atom stereocenters. The highest BCUT2D eigenvalue weighted by atomic mass is 19.6. The van der Waals surface area contributed by atoms with E-state index in [-0.39, 0.29) is 5.41 Å². The van der Waals surface area contributed by atoms with Crippen LogP contribution in [-0.2, 0) is 17.1 Å². The van der Waals surface area contributed by atoms with Crippen LogP contribution in [0.4, 0.5) is 9.05 Å². The fraction of sp³-hybridized carbons (Fsp3) is 0.125. The third kappa shape index (κ3) is 2.27. The van der Waals surface area contributed by atoms with Crippen molar-refractivity contribution >= 4 is 0 Å². The fourth-order valence-corrected chi connectivity index (χ4v) is 3.09. The molecule has 0 saturated carbocycles. The first-order chi connectivity index (χ1) is 10.8. The standard InChI is InChI=1S/C16H13N3.F2O/c1-2-4-13(5-3-1)16(10-19-12-17-11-18-19)14-6-7-15(16)9-8-14;1-3-2/h1-9,11-12H,10H2;. The summed E-state index contributed by atoms with van der Waals surface area (Å²) in [4.78, 5) is 4.05. The molecule has 1 aromatic carbocycles. The van der Waals surface area contributed by atoms with Gasteiger partial charge in [-0.3, -0.25) is 4.68 Å². The van der Waals surface area contributed by atoms with Crippen LogP contribution in [0.5, 0.6) is 0 Å². The van der Waals surface area contributed by atoms with Gasteiger partial charge in [0.1, 0.15) is 12.7 Å². The molecule has 0 N–H and O–H groups in total. The Morgan fingerprint density at radius 1 is 1.05 bits per heavy atom. The summed E-state index contributed by atoms with van der Waals surface area (Å²) in [7, 11) is 0. The zero-order chi connectivity index (χ0) is 15.4. The van der Waals surface area contributed by atoms with Gasteiger partial charge in [0.2, 0.25) is 0 Å². The van der Waals surface area contributed by atoms with Crippen LogP contribution in [0.15, 0.2) is 78.4 Å². The maximum Gasteiger partial charge on any atom is 0.137 e. The number of rotatable bonds is 3. The Labute approximate surface area is 125 Å². The van der Waals surface area contributed by atoms with Crippen LogP contribution in [0, 0.1) is 0 Å². The van der Waals surface area contributed by atoms with Gasteiger partial charge in [-0.2, -0.15) is 5.10 Å². The lowest BCUT2D eigenvalue weighted by Gasteiger charge is -2.30. The molecule has 2 aromatic rings. The predicted octanol–water partition coefficient (Wildman–Crippen LogP) is 3.42. The Balaban J connectivity index is 0.000000446. The summed E-state index contributed by atoms with van der Waals surface area (Å²) in [6.07, 6.45) is 12.2. The van der Waals surface area contributed by atoms with Crippen LogP contribution in [0.1, 0.15) is 5.56 Å². The van der Waals surface area contributed by atoms with E-state index in [4.69, 9.17) is 9.05 Å². The third-order valence-corrected chi connectivity index (χ3v) is 4.00. The molecule has 0 aliphatic heterocycles. The van der Waals surface area contributed by atoms with Crippen LogP contribution < -0.4 is 0 Å². The van der Waals surface area contributed by atoms with Crippen LogP contribution in [0.3, 0.4) is 0 Å². The van der Waals surface area contributed by atoms with E-state index in [2.05, 4.69) is 64.7 Å². The van der Waals surface area contributed by atoms with Gasteiger partial charge in [-0.1, -0.05) is 54.6 Å². The lowest BCUT2D eigenvalue weighted by Crippen LogP contribution is -2.31. The summed E-state index contributed by atoms with van der Waals surface area (Å²) in [5.41, 5.74) is 3.90. The van der Waals surface area contributed by atoms with Crippen molar-refractivity contribution in [3.05, 3.63) is 84.0 Å². The molecule has 1 aromatic heterocycles. The van der Waals surface area contributed by atoms with Crippen LogP contribution >= 0.6 is 0 Å². The van der Waals surface area contributed by atoms with Crippen molar-refractivity contribution in [2.45, 2.75) is 12.0 Å². The second-order valence-electron chi connectivity index (χ2n) is 5.00. The fourth-order valence-electron chi connectivity index (χ4n) is 3.09. The number of fused-ring (bicyclic) bond motifs is 2. The van der Waals surface area contributed by atoms with E-state index < -0.39 is 0 Å². The smallest absolute Gasteiger partial charge is 0.137 e. The molecular formula is C16H13F2N3O. The molecule has 0 fully saturated rings. The summed E-state index contributed by atoms with van der Waals surface area (Å²) in [5, 5.41) is 5.52. The molecule has 2 bridgehead atoms. The normalized spacial score (nSPS) is 16.8. The molecule has 4 nitrogen and oxygen atoms in total. The van der Waals surface area contributed by atoms with Gasteiger partial charge in [-0.05, 0) is 25.8 Å². The Kier molecular flexibility index (Phi) is 3.93. The molecule has 6 heteroatoms. The highest BCUT2D eigenvalue weighted by Gasteiger charge is 2.43. The molecule has 0 saturated heterocycles. The average Bonchev–Trinajstić information content (AvgIpc) is 3.27. The van der Waals surface area contributed by atoms with Crippen molar-refractivity contribution < 1.29 is 14.2 Å². The van der Waals surface area contributed by atoms with E-state index in [1.807, 2.05) is 4.68 Å². The monoisotopic (exact) mass is 301 g/mol. The largest absolute Gasteiger partial charge is 0.251 e. The number of hydrogen-bond acceptors (Lipinski definition) is 3. The zero-order valence-electron chi connectivity index (χ0n) is 11.6. The SMILES string of the molecule is C1=CC2=CC=C1C2(Cn1cncn1)c1ccccc1.FOF. The summed E-state index contributed by atoms with van der Waals surface area (Å²) < 4.78 is 20.2. The molecule has 0 atom stereocenters. The van der Waals surface area contributed by atoms with Gasteiger partial charge in [0, 0.05) is 5.15 Å². The van der Waals surface area contributed by atoms with Crippen LogP contribution in [0.25, 0.3) is 0 Å². The minimum absolute atomic E-state index is 0.0883. The average molecular weight is 301 g/mol. The number of allylic oxidation sites excluding steroid dienone is 6. The highest BCUT2D eigenvalue weighted by molar-refractivity contribution is 5.65. The molecule has 0 radical (unpaired) electrons. The zero-order valence-corrected chi connectivity index (χ0v) is 11.6. The molecule has 2 aliphatic carbocycles. The van der Waals surface area contributed by atoms with E-state index in [0.29, 0.717) is 0 Å². The van der Waals surface area contributed by atoms with Gasteiger partial charge in [-0.15, -0.1) is 0 Å². The number of aromatic nitrogens is 3. The Morgan fingerprint density at radius 3 is 2.18 bits per heavy atom. The molecule has 2 aliphatic rings. The molecular weight excluding hydrogens is 288 g/mol. The number of benzene rings is 1. The lowest BCUT2D eigenvalue weighted by atomic mass is 9.75.